The van der Waals surface area contributed by atoms with Gasteiger partial charge in [-0.3, -0.25) is 0 Å². The molecule has 0 bridgehead atoms. The normalized spacial score (nSPS) is 23.6. The minimum atomic E-state index is 0.675. The van der Waals surface area contributed by atoms with Gasteiger partial charge in [-0.15, -0.1) is 0 Å². The lowest BCUT2D eigenvalue weighted by Gasteiger charge is -2.17. The predicted molar refractivity (Wildman–Crippen MR) is 81.1 cm³/mol. The van der Waals surface area contributed by atoms with Crippen molar-refractivity contribution in [3.63, 3.8) is 0 Å². The maximum absolute atomic E-state index is 3.72. The fourth-order valence-corrected chi connectivity index (χ4v) is 3.91. The third-order valence-electron chi connectivity index (χ3n) is 3.81. The second-order valence-electron chi connectivity index (χ2n) is 4.99. The molecule has 2 atom stereocenters. The highest BCUT2D eigenvalue weighted by Gasteiger charge is 2.23. The Morgan fingerprint density at radius 2 is 2.00 bits per heavy atom. The molecule has 1 aliphatic rings. The molecule has 2 aromatic carbocycles. The number of hydrogen-bond donors (Lipinski definition) is 1. The van der Waals surface area contributed by atoms with E-state index in [9.17, 15) is 0 Å². The van der Waals surface area contributed by atoms with Crippen LogP contribution in [-0.2, 0) is 6.54 Å². The standard InChI is InChI=1S/C16H19NS/c1-12-16(9-10-18-12)17-11-14-7-4-6-13-5-2-3-8-15(13)14/h2-8,12,16-17H,9-11H2,1H3. The lowest BCUT2D eigenvalue weighted by Crippen LogP contribution is -2.32. The van der Waals surface area contributed by atoms with Crippen molar-refractivity contribution < 1.29 is 0 Å². The third kappa shape index (κ3) is 2.40. The molecule has 2 aromatic rings. The Morgan fingerprint density at radius 1 is 1.17 bits per heavy atom. The summed E-state index contributed by atoms with van der Waals surface area (Å²) in [4.78, 5) is 0. The lowest BCUT2D eigenvalue weighted by molar-refractivity contribution is 0.514. The zero-order valence-corrected chi connectivity index (χ0v) is 11.5. The Labute approximate surface area is 113 Å². The van der Waals surface area contributed by atoms with Gasteiger partial charge in [0.2, 0.25) is 0 Å². The fourth-order valence-electron chi connectivity index (χ4n) is 2.69. The molecule has 1 nitrogen and oxygen atoms in total. The average molecular weight is 257 g/mol. The molecule has 1 heterocycles. The first-order valence-electron chi connectivity index (χ1n) is 6.66. The molecular formula is C16H19NS. The average Bonchev–Trinajstić information content (AvgIpc) is 2.82. The monoisotopic (exact) mass is 257 g/mol. The molecule has 2 unspecified atom stereocenters. The van der Waals surface area contributed by atoms with Crippen LogP contribution in [0.25, 0.3) is 10.8 Å². The summed E-state index contributed by atoms with van der Waals surface area (Å²) in [6, 6.07) is 15.9. The summed E-state index contributed by atoms with van der Waals surface area (Å²) in [5, 5.41) is 7.19. The summed E-state index contributed by atoms with van der Waals surface area (Å²) >= 11 is 2.08. The molecule has 0 aliphatic carbocycles. The van der Waals surface area contributed by atoms with Gasteiger partial charge in [0.1, 0.15) is 0 Å². The molecular weight excluding hydrogens is 238 g/mol. The molecule has 1 N–H and O–H groups in total. The topological polar surface area (TPSA) is 12.0 Å². The maximum Gasteiger partial charge on any atom is 0.0214 e. The zero-order chi connectivity index (χ0) is 12.4. The number of nitrogens with one attached hydrogen (secondary N) is 1. The molecule has 0 spiro atoms. The van der Waals surface area contributed by atoms with E-state index in [1.807, 2.05) is 0 Å². The number of thioether (sulfide) groups is 1. The third-order valence-corrected chi connectivity index (χ3v) is 5.14. The summed E-state index contributed by atoms with van der Waals surface area (Å²) < 4.78 is 0. The summed E-state index contributed by atoms with van der Waals surface area (Å²) in [6.45, 7) is 3.31. The lowest BCUT2D eigenvalue weighted by atomic mass is 10.0. The minimum absolute atomic E-state index is 0.675. The Balaban J connectivity index is 1.78. The van der Waals surface area contributed by atoms with Gasteiger partial charge in [-0.05, 0) is 28.5 Å². The van der Waals surface area contributed by atoms with Crippen molar-refractivity contribution in [2.45, 2.75) is 31.2 Å². The van der Waals surface area contributed by atoms with E-state index >= 15 is 0 Å². The second-order valence-corrected chi connectivity index (χ2v) is 6.48. The van der Waals surface area contributed by atoms with Gasteiger partial charge in [-0.25, -0.2) is 0 Å². The van der Waals surface area contributed by atoms with Crippen molar-refractivity contribution in [3.05, 3.63) is 48.0 Å². The molecule has 1 aliphatic heterocycles. The zero-order valence-electron chi connectivity index (χ0n) is 10.7. The maximum atomic E-state index is 3.72. The first-order valence-corrected chi connectivity index (χ1v) is 7.71. The first kappa shape index (κ1) is 12.1. The predicted octanol–water partition coefficient (Wildman–Crippen LogP) is 3.82. The van der Waals surface area contributed by atoms with Crippen molar-refractivity contribution >= 4 is 22.5 Å². The van der Waals surface area contributed by atoms with Gasteiger partial charge < -0.3 is 5.32 Å². The van der Waals surface area contributed by atoms with Crippen molar-refractivity contribution in [3.8, 4) is 0 Å². The van der Waals surface area contributed by atoms with E-state index in [2.05, 4.69) is 66.5 Å². The largest absolute Gasteiger partial charge is 0.309 e. The van der Waals surface area contributed by atoms with Crippen LogP contribution in [0.15, 0.2) is 42.5 Å². The summed E-state index contributed by atoms with van der Waals surface area (Å²) in [7, 11) is 0. The molecule has 1 saturated heterocycles. The van der Waals surface area contributed by atoms with Crippen LogP contribution in [0.1, 0.15) is 18.9 Å². The molecule has 0 amide bonds. The van der Waals surface area contributed by atoms with E-state index in [1.165, 1.54) is 28.5 Å². The van der Waals surface area contributed by atoms with Gasteiger partial charge in [0.15, 0.2) is 0 Å². The van der Waals surface area contributed by atoms with Gasteiger partial charge in [0.25, 0.3) is 0 Å². The van der Waals surface area contributed by atoms with E-state index < -0.39 is 0 Å². The van der Waals surface area contributed by atoms with E-state index in [-0.39, 0.29) is 0 Å². The van der Waals surface area contributed by atoms with Crippen LogP contribution in [0.4, 0.5) is 0 Å². The smallest absolute Gasteiger partial charge is 0.0214 e. The van der Waals surface area contributed by atoms with Crippen LogP contribution in [0.5, 0.6) is 0 Å². The van der Waals surface area contributed by atoms with Gasteiger partial charge in [-0.2, -0.15) is 11.8 Å². The van der Waals surface area contributed by atoms with Crippen molar-refractivity contribution in [1.29, 1.82) is 0 Å². The fraction of sp³-hybridized carbons (Fsp3) is 0.375. The van der Waals surface area contributed by atoms with Crippen LogP contribution in [0.2, 0.25) is 0 Å². The van der Waals surface area contributed by atoms with Crippen LogP contribution in [0.3, 0.4) is 0 Å². The number of hydrogen-bond acceptors (Lipinski definition) is 2. The highest BCUT2D eigenvalue weighted by molar-refractivity contribution is 8.00. The minimum Gasteiger partial charge on any atom is -0.309 e. The van der Waals surface area contributed by atoms with E-state index in [1.54, 1.807) is 0 Å². The van der Waals surface area contributed by atoms with Crippen LogP contribution in [0, 0.1) is 0 Å². The van der Waals surface area contributed by atoms with Gasteiger partial charge >= 0.3 is 0 Å². The van der Waals surface area contributed by atoms with Crippen molar-refractivity contribution in [2.75, 3.05) is 5.75 Å². The molecule has 0 radical (unpaired) electrons. The molecule has 1 fully saturated rings. The van der Waals surface area contributed by atoms with Gasteiger partial charge in [0.05, 0.1) is 0 Å². The molecule has 3 rings (SSSR count). The quantitative estimate of drug-likeness (QED) is 0.897. The van der Waals surface area contributed by atoms with Gasteiger partial charge in [-0.1, -0.05) is 49.4 Å². The Kier molecular flexibility index (Phi) is 3.57. The summed E-state index contributed by atoms with van der Waals surface area (Å²) in [5.74, 6) is 1.30. The Bertz CT molecular complexity index is 532. The van der Waals surface area contributed by atoms with Crippen molar-refractivity contribution in [2.24, 2.45) is 0 Å². The second kappa shape index (κ2) is 5.33. The Morgan fingerprint density at radius 3 is 2.83 bits per heavy atom. The highest BCUT2D eigenvalue weighted by Crippen LogP contribution is 2.27. The molecule has 94 valence electrons. The van der Waals surface area contributed by atoms with E-state index in [0.717, 1.165) is 11.8 Å². The number of benzene rings is 2. The molecule has 18 heavy (non-hydrogen) atoms. The molecule has 2 heteroatoms. The Hall–Kier alpha value is -0.990. The summed E-state index contributed by atoms with van der Waals surface area (Å²) in [5.41, 5.74) is 1.41. The summed E-state index contributed by atoms with van der Waals surface area (Å²) in [6.07, 6.45) is 1.30. The molecule has 0 aromatic heterocycles. The van der Waals surface area contributed by atoms with Crippen molar-refractivity contribution in [1.82, 2.24) is 5.32 Å². The van der Waals surface area contributed by atoms with E-state index in [4.69, 9.17) is 0 Å². The SMILES string of the molecule is CC1SCCC1NCc1cccc2ccccc12. The van der Waals surface area contributed by atoms with Crippen LogP contribution in [-0.4, -0.2) is 17.0 Å². The number of rotatable bonds is 3. The van der Waals surface area contributed by atoms with Crippen LogP contribution >= 0.6 is 11.8 Å². The van der Waals surface area contributed by atoms with Gasteiger partial charge in [0, 0.05) is 17.8 Å². The number of fused-ring (bicyclic) bond motifs is 1. The molecule has 0 saturated carbocycles. The van der Waals surface area contributed by atoms with E-state index in [0.29, 0.717) is 6.04 Å². The first-order chi connectivity index (χ1) is 8.84. The van der Waals surface area contributed by atoms with Crippen LogP contribution < -0.4 is 5.32 Å². The highest BCUT2D eigenvalue weighted by atomic mass is 32.2.